The van der Waals surface area contributed by atoms with E-state index in [4.69, 9.17) is 22.5 Å². The van der Waals surface area contributed by atoms with Crippen LogP contribution in [-0.2, 0) is 17.1 Å². The van der Waals surface area contributed by atoms with Gasteiger partial charge in [-0.05, 0) is 12.8 Å². The Kier molecular flexibility index (Phi) is 4.45. The summed E-state index contributed by atoms with van der Waals surface area (Å²) >= 11 is 5.89. The highest BCUT2D eigenvalue weighted by molar-refractivity contribution is 7.89. The second kappa shape index (κ2) is 5.82. The average Bonchev–Trinajstić information content (AvgIpc) is 2.78. The van der Waals surface area contributed by atoms with Gasteiger partial charge in [-0.15, -0.1) is 0 Å². The normalized spacial score (nSPS) is 19.6. The molecule has 1 aliphatic carbocycles. The summed E-state index contributed by atoms with van der Waals surface area (Å²) in [5, 5.41) is 15.7. The number of amidine groups is 1. The minimum absolute atomic E-state index is 0.0236. The fourth-order valence-corrected chi connectivity index (χ4v) is 4.76. The minimum atomic E-state index is -3.94. The quantitative estimate of drug-likeness (QED) is 0.325. The second-order valence-electron chi connectivity index (χ2n) is 5.15. The molecule has 0 aromatic carbocycles. The molecule has 21 heavy (non-hydrogen) atoms. The van der Waals surface area contributed by atoms with Crippen molar-refractivity contribution in [3.05, 3.63) is 11.2 Å². The molecule has 0 aliphatic heterocycles. The SMILES string of the molecule is Cn1ncc(Cl)c1S(=O)(=O)NC1(C(N)=NO)CCCCC1. The van der Waals surface area contributed by atoms with Crippen molar-refractivity contribution in [3.63, 3.8) is 0 Å². The van der Waals surface area contributed by atoms with E-state index in [2.05, 4.69) is 15.0 Å². The largest absolute Gasteiger partial charge is 0.409 e. The Morgan fingerprint density at radius 1 is 1.52 bits per heavy atom. The van der Waals surface area contributed by atoms with Crippen LogP contribution in [0.25, 0.3) is 0 Å². The molecule has 0 unspecified atom stereocenters. The molecule has 0 atom stereocenters. The van der Waals surface area contributed by atoms with Crippen molar-refractivity contribution in [2.45, 2.75) is 42.7 Å². The monoisotopic (exact) mass is 335 g/mol. The van der Waals surface area contributed by atoms with Crippen LogP contribution in [0.5, 0.6) is 0 Å². The molecule has 4 N–H and O–H groups in total. The van der Waals surface area contributed by atoms with E-state index in [1.165, 1.54) is 17.9 Å². The zero-order valence-electron chi connectivity index (χ0n) is 11.6. The van der Waals surface area contributed by atoms with Crippen LogP contribution in [0.3, 0.4) is 0 Å². The molecule has 0 bridgehead atoms. The number of aryl methyl sites for hydroxylation is 1. The topological polar surface area (TPSA) is 123 Å². The van der Waals surface area contributed by atoms with Crippen LogP contribution in [0, 0.1) is 0 Å². The molecule has 1 saturated carbocycles. The summed E-state index contributed by atoms with van der Waals surface area (Å²) in [6, 6.07) is 0. The van der Waals surface area contributed by atoms with Gasteiger partial charge in [0.05, 0.1) is 16.8 Å². The van der Waals surface area contributed by atoms with Crippen molar-refractivity contribution in [1.29, 1.82) is 0 Å². The van der Waals surface area contributed by atoms with E-state index in [1.54, 1.807) is 0 Å². The lowest BCUT2D eigenvalue weighted by Gasteiger charge is -2.36. The molecule has 1 aromatic heterocycles. The Labute approximate surface area is 128 Å². The van der Waals surface area contributed by atoms with Gasteiger partial charge in [-0.25, -0.2) is 8.42 Å². The Hall–Kier alpha value is -1.32. The van der Waals surface area contributed by atoms with Crippen LogP contribution >= 0.6 is 11.6 Å². The highest BCUT2D eigenvalue weighted by atomic mass is 35.5. The van der Waals surface area contributed by atoms with E-state index in [1.807, 2.05) is 0 Å². The van der Waals surface area contributed by atoms with Crippen LogP contribution in [-0.4, -0.2) is 34.8 Å². The predicted molar refractivity (Wildman–Crippen MR) is 77.8 cm³/mol. The average molecular weight is 336 g/mol. The molecular weight excluding hydrogens is 318 g/mol. The summed E-state index contributed by atoms with van der Waals surface area (Å²) in [4.78, 5) is 0. The summed E-state index contributed by atoms with van der Waals surface area (Å²) in [6.07, 6.45) is 4.76. The predicted octanol–water partition coefficient (Wildman–Crippen LogP) is 0.801. The molecule has 0 radical (unpaired) electrons. The standard InChI is InChI=1S/C11H18ClN5O3S/c1-17-9(8(12)7-14-17)21(19,20)16-11(10(13)15-18)5-3-2-4-6-11/h7,16,18H,2-6H2,1H3,(H2,13,15). The lowest BCUT2D eigenvalue weighted by Crippen LogP contribution is -2.58. The van der Waals surface area contributed by atoms with E-state index in [0.29, 0.717) is 12.8 Å². The number of nitrogens with two attached hydrogens (primary N) is 1. The fourth-order valence-electron chi connectivity index (χ4n) is 2.67. The van der Waals surface area contributed by atoms with Crippen molar-refractivity contribution >= 4 is 27.5 Å². The van der Waals surface area contributed by atoms with E-state index in [9.17, 15) is 8.42 Å². The third kappa shape index (κ3) is 2.99. The molecule has 118 valence electrons. The maximum Gasteiger partial charge on any atom is 0.260 e. The molecule has 1 heterocycles. The van der Waals surface area contributed by atoms with Gasteiger partial charge in [0.25, 0.3) is 10.0 Å². The lowest BCUT2D eigenvalue weighted by atomic mass is 9.82. The molecular formula is C11H18ClN5O3S. The summed E-state index contributed by atoms with van der Waals surface area (Å²) in [5.74, 6) is -0.135. The van der Waals surface area contributed by atoms with Gasteiger partial charge >= 0.3 is 0 Å². The third-order valence-electron chi connectivity index (χ3n) is 3.73. The van der Waals surface area contributed by atoms with Gasteiger partial charge in [-0.2, -0.15) is 9.82 Å². The van der Waals surface area contributed by atoms with Crippen molar-refractivity contribution < 1.29 is 13.6 Å². The maximum atomic E-state index is 12.6. The number of halogens is 1. The van der Waals surface area contributed by atoms with Crippen LogP contribution in [0.4, 0.5) is 0 Å². The highest BCUT2D eigenvalue weighted by Crippen LogP contribution is 2.31. The van der Waals surface area contributed by atoms with Gasteiger partial charge in [0.1, 0.15) is 0 Å². The Morgan fingerprint density at radius 2 is 2.14 bits per heavy atom. The first-order valence-electron chi connectivity index (χ1n) is 6.52. The first-order valence-corrected chi connectivity index (χ1v) is 8.38. The summed E-state index contributed by atoms with van der Waals surface area (Å²) < 4.78 is 28.9. The zero-order chi connectivity index (χ0) is 15.7. The van der Waals surface area contributed by atoms with E-state index < -0.39 is 15.6 Å². The van der Waals surface area contributed by atoms with E-state index in [-0.39, 0.29) is 15.9 Å². The summed E-state index contributed by atoms with van der Waals surface area (Å²) in [7, 11) is -2.46. The molecule has 8 nitrogen and oxygen atoms in total. The second-order valence-corrected chi connectivity index (χ2v) is 7.16. The molecule has 0 amide bonds. The Bertz CT molecular complexity index is 629. The van der Waals surface area contributed by atoms with Crippen molar-refractivity contribution in [3.8, 4) is 0 Å². The molecule has 2 rings (SSSR count). The number of hydrogen-bond acceptors (Lipinski definition) is 5. The summed E-state index contributed by atoms with van der Waals surface area (Å²) in [5.41, 5.74) is 4.65. The van der Waals surface area contributed by atoms with Gasteiger partial charge in [0, 0.05) is 7.05 Å². The molecule has 1 fully saturated rings. The molecule has 0 spiro atoms. The van der Waals surface area contributed by atoms with Gasteiger partial charge in [-0.3, -0.25) is 4.68 Å². The van der Waals surface area contributed by atoms with Crippen molar-refractivity contribution in [2.24, 2.45) is 17.9 Å². The number of oxime groups is 1. The number of rotatable bonds is 4. The molecule has 10 heteroatoms. The van der Waals surface area contributed by atoms with E-state index >= 15 is 0 Å². The van der Waals surface area contributed by atoms with Crippen molar-refractivity contribution in [1.82, 2.24) is 14.5 Å². The Balaban J connectivity index is 2.41. The van der Waals surface area contributed by atoms with Crippen LogP contribution < -0.4 is 10.5 Å². The molecule has 1 aliphatic rings. The zero-order valence-corrected chi connectivity index (χ0v) is 13.2. The molecule has 1 aromatic rings. The van der Waals surface area contributed by atoms with Gasteiger partial charge in [0.2, 0.25) is 0 Å². The van der Waals surface area contributed by atoms with Gasteiger partial charge in [-0.1, -0.05) is 36.0 Å². The Morgan fingerprint density at radius 3 is 2.62 bits per heavy atom. The fraction of sp³-hybridized carbons (Fsp3) is 0.636. The maximum absolute atomic E-state index is 12.6. The first kappa shape index (κ1) is 16.1. The van der Waals surface area contributed by atoms with Crippen LogP contribution in [0.1, 0.15) is 32.1 Å². The van der Waals surface area contributed by atoms with Crippen LogP contribution in [0.2, 0.25) is 5.02 Å². The van der Waals surface area contributed by atoms with Crippen LogP contribution in [0.15, 0.2) is 16.4 Å². The third-order valence-corrected chi connectivity index (χ3v) is 5.77. The number of nitrogens with zero attached hydrogens (tertiary/aromatic N) is 3. The molecule has 0 saturated heterocycles. The smallest absolute Gasteiger partial charge is 0.260 e. The number of nitrogens with one attached hydrogen (secondary N) is 1. The number of sulfonamides is 1. The minimum Gasteiger partial charge on any atom is -0.409 e. The number of hydrogen-bond donors (Lipinski definition) is 3. The van der Waals surface area contributed by atoms with Gasteiger partial charge in [0.15, 0.2) is 10.9 Å². The highest BCUT2D eigenvalue weighted by Gasteiger charge is 2.41. The van der Waals surface area contributed by atoms with Crippen molar-refractivity contribution in [2.75, 3.05) is 0 Å². The first-order chi connectivity index (χ1) is 9.82. The number of aromatic nitrogens is 2. The van der Waals surface area contributed by atoms with Gasteiger partial charge < -0.3 is 10.9 Å². The lowest BCUT2D eigenvalue weighted by molar-refractivity contribution is 0.293. The summed E-state index contributed by atoms with van der Waals surface area (Å²) in [6.45, 7) is 0. The van der Waals surface area contributed by atoms with E-state index in [0.717, 1.165) is 19.3 Å².